The smallest absolute Gasteiger partial charge is 0.491 e. The highest BCUT2D eigenvalue weighted by molar-refractivity contribution is 5.97. The van der Waals surface area contributed by atoms with E-state index in [2.05, 4.69) is 4.74 Å². The maximum absolute atomic E-state index is 12.6. The first-order valence-electron chi connectivity index (χ1n) is 8.98. The molecule has 3 aromatic carbocycles. The molecule has 156 valence electrons. The second-order valence-electron chi connectivity index (χ2n) is 6.94. The summed E-state index contributed by atoms with van der Waals surface area (Å²) in [6.07, 6.45) is -5.17. The molecule has 1 N–H and O–H groups in total. The number of alkyl halides is 3. The van der Waals surface area contributed by atoms with Gasteiger partial charge in [-0.2, -0.15) is 13.2 Å². The number of esters is 2. The lowest BCUT2D eigenvalue weighted by molar-refractivity contribution is -0.189. The zero-order chi connectivity index (χ0) is 22.0. The van der Waals surface area contributed by atoms with Gasteiger partial charge in [0, 0.05) is 28.8 Å². The number of phenols is 1. The Morgan fingerprint density at radius 1 is 0.935 bits per heavy atom. The number of hydrogen-bond acceptors (Lipinski definition) is 6. The van der Waals surface area contributed by atoms with Crippen LogP contribution in [-0.2, 0) is 15.1 Å². The van der Waals surface area contributed by atoms with Gasteiger partial charge in [-0.05, 0) is 30.3 Å². The van der Waals surface area contributed by atoms with Crippen LogP contribution >= 0.6 is 0 Å². The summed E-state index contributed by atoms with van der Waals surface area (Å²) in [5, 5.41) is 9.90. The van der Waals surface area contributed by atoms with E-state index in [0.717, 1.165) is 12.1 Å². The summed E-state index contributed by atoms with van der Waals surface area (Å²) in [7, 11) is 0. The molecule has 5 rings (SSSR count). The summed E-state index contributed by atoms with van der Waals surface area (Å²) in [5.41, 5.74) is 0.141. The largest absolute Gasteiger partial charge is 0.508 e. The van der Waals surface area contributed by atoms with Gasteiger partial charge in [0.25, 0.3) is 0 Å². The van der Waals surface area contributed by atoms with E-state index in [1.54, 1.807) is 30.3 Å². The van der Waals surface area contributed by atoms with Gasteiger partial charge in [-0.1, -0.05) is 18.2 Å². The van der Waals surface area contributed by atoms with Crippen LogP contribution in [0.15, 0.2) is 60.7 Å². The zero-order valence-corrected chi connectivity index (χ0v) is 15.4. The van der Waals surface area contributed by atoms with Crippen molar-refractivity contribution in [2.75, 3.05) is 0 Å². The molecule has 9 heteroatoms. The number of aromatic hydroxyl groups is 1. The van der Waals surface area contributed by atoms with Crippen LogP contribution in [0.5, 0.6) is 23.0 Å². The molecule has 0 radical (unpaired) electrons. The molecule has 0 fully saturated rings. The summed E-state index contributed by atoms with van der Waals surface area (Å²) in [6.45, 7) is 0. The summed E-state index contributed by atoms with van der Waals surface area (Å²) in [6, 6.07) is 14.6. The second-order valence-corrected chi connectivity index (χ2v) is 6.94. The highest BCUT2D eigenvalue weighted by atomic mass is 19.4. The second kappa shape index (κ2) is 6.24. The summed E-state index contributed by atoms with van der Waals surface area (Å²) < 4.78 is 53.7. The Morgan fingerprint density at radius 2 is 1.61 bits per heavy atom. The van der Waals surface area contributed by atoms with Crippen molar-refractivity contribution in [2.24, 2.45) is 0 Å². The van der Waals surface area contributed by atoms with E-state index in [-0.39, 0.29) is 17.2 Å². The number of fused-ring (bicyclic) bond motifs is 6. The fourth-order valence-electron chi connectivity index (χ4n) is 3.87. The van der Waals surface area contributed by atoms with Crippen LogP contribution in [0.2, 0.25) is 0 Å². The maximum Gasteiger partial charge on any atom is 0.491 e. The average Bonchev–Trinajstić information content (AvgIpc) is 3.00. The van der Waals surface area contributed by atoms with E-state index in [1.807, 2.05) is 0 Å². The Kier molecular flexibility index (Phi) is 3.82. The highest BCUT2D eigenvalue weighted by Crippen LogP contribution is 2.56. The fraction of sp³-hybridized carbons (Fsp3) is 0.0909. The number of rotatable bonds is 1. The maximum atomic E-state index is 12.6. The number of ether oxygens (including phenoxy) is 3. The summed E-state index contributed by atoms with van der Waals surface area (Å²) in [5.74, 6) is -3.36. The lowest BCUT2D eigenvalue weighted by atomic mass is 9.77. The van der Waals surface area contributed by atoms with E-state index < -0.39 is 29.5 Å². The number of hydrogen-bond donors (Lipinski definition) is 1. The van der Waals surface area contributed by atoms with Gasteiger partial charge in [0.15, 0.2) is 5.60 Å². The molecule has 2 aliphatic heterocycles. The molecule has 0 aromatic heterocycles. The van der Waals surface area contributed by atoms with Crippen LogP contribution in [0, 0.1) is 0 Å². The lowest BCUT2D eigenvalue weighted by Crippen LogP contribution is -2.33. The molecule has 1 unspecified atom stereocenters. The third-order valence-corrected chi connectivity index (χ3v) is 5.11. The quantitative estimate of drug-likeness (QED) is 0.456. The van der Waals surface area contributed by atoms with E-state index in [4.69, 9.17) is 9.47 Å². The van der Waals surface area contributed by atoms with Crippen molar-refractivity contribution >= 4 is 11.9 Å². The van der Waals surface area contributed by atoms with Crippen LogP contribution in [0.4, 0.5) is 13.2 Å². The molecule has 0 saturated heterocycles. The van der Waals surface area contributed by atoms with Crippen molar-refractivity contribution in [2.45, 2.75) is 11.8 Å². The highest BCUT2D eigenvalue weighted by Gasteiger charge is 2.53. The third-order valence-electron chi connectivity index (χ3n) is 5.11. The minimum atomic E-state index is -5.17. The van der Waals surface area contributed by atoms with Crippen LogP contribution < -0.4 is 9.47 Å². The Morgan fingerprint density at radius 3 is 2.35 bits per heavy atom. The topological polar surface area (TPSA) is 82.1 Å². The monoisotopic (exact) mass is 428 g/mol. The number of carbonyl (C=O) groups is 2. The Hall–Kier alpha value is -4.01. The average molecular weight is 428 g/mol. The van der Waals surface area contributed by atoms with Crippen molar-refractivity contribution in [3.05, 3.63) is 82.9 Å². The van der Waals surface area contributed by atoms with Crippen LogP contribution in [0.25, 0.3) is 0 Å². The molecule has 3 aromatic rings. The van der Waals surface area contributed by atoms with Crippen LogP contribution in [0.3, 0.4) is 0 Å². The van der Waals surface area contributed by atoms with Gasteiger partial charge in [0.05, 0.1) is 5.56 Å². The van der Waals surface area contributed by atoms with Gasteiger partial charge in [-0.3, -0.25) is 0 Å². The van der Waals surface area contributed by atoms with E-state index in [1.165, 1.54) is 18.2 Å². The van der Waals surface area contributed by atoms with Crippen molar-refractivity contribution < 1.29 is 42.1 Å². The normalized spacial score (nSPS) is 18.5. The first-order chi connectivity index (χ1) is 14.7. The van der Waals surface area contributed by atoms with Gasteiger partial charge in [0.2, 0.25) is 0 Å². The fourth-order valence-corrected chi connectivity index (χ4v) is 3.87. The predicted octanol–water partition coefficient (Wildman–Crippen LogP) is 4.43. The first-order valence-corrected chi connectivity index (χ1v) is 8.98. The number of benzene rings is 3. The molecule has 31 heavy (non-hydrogen) atoms. The molecule has 0 aliphatic carbocycles. The van der Waals surface area contributed by atoms with Gasteiger partial charge < -0.3 is 19.3 Å². The van der Waals surface area contributed by atoms with E-state index in [9.17, 15) is 27.9 Å². The molecule has 1 spiro atoms. The molecule has 0 bridgehead atoms. The van der Waals surface area contributed by atoms with E-state index in [0.29, 0.717) is 22.3 Å². The predicted molar refractivity (Wildman–Crippen MR) is 98.1 cm³/mol. The molecule has 6 nitrogen and oxygen atoms in total. The van der Waals surface area contributed by atoms with Gasteiger partial charge in [-0.25, -0.2) is 9.59 Å². The zero-order valence-electron chi connectivity index (χ0n) is 15.4. The van der Waals surface area contributed by atoms with Gasteiger partial charge in [0.1, 0.15) is 23.0 Å². The van der Waals surface area contributed by atoms with Crippen molar-refractivity contribution in [3.8, 4) is 23.0 Å². The third kappa shape index (κ3) is 2.73. The van der Waals surface area contributed by atoms with Crippen LogP contribution in [0.1, 0.15) is 27.0 Å². The summed E-state index contributed by atoms with van der Waals surface area (Å²) in [4.78, 5) is 23.9. The molecule has 1 atom stereocenters. The number of carbonyl (C=O) groups excluding carboxylic acids is 2. The Labute approximate surface area is 172 Å². The Balaban J connectivity index is 1.72. The van der Waals surface area contributed by atoms with Crippen molar-refractivity contribution in [3.63, 3.8) is 0 Å². The minimum Gasteiger partial charge on any atom is -0.508 e. The summed E-state index contributed by atoms with van der Waals surface area (Å²) >= 11 is 0. The minimum absolute atomic E-state index is 0.00933. The van der Waals surface area contributed by atoms with E-state index >= 15 is 0 Å². The lowest BCUT2D eigenvalue weighted by Gasteiger charge is -2.36. The Bertz CT molecular complexity index is 1270. The van der Waals surface area contributed by atoms with Gasteiger partial charge >= 0.3 is 18.1 Å². The van der Waals surface area contributed by atoms with Gasteiger partial charge in [-0.15, -0.1) is 0 Å². The number of phenolic OH excluding ortho intramolecular Hbond substituents is 1. The SMILES string of the molecule is O=C1OC2(c3ccc(O)cc3Oc3cc(OC(=O)C(F)(F)F)ccc32)c2ccccc21. The van der Waals surface area contributed by atoms with Crippen LogP contribution in [-0.4, -0.2) is 23.2 Å². The molecular formula is C22H11F3O6. The molecular weight excluding hydrogens is 417 g/mol. The van der Waals surface area contributed by atoms with Crippen molar-refractivity contribution in [1.82, 2.24) is 0 Å². The number of halogens is 3. The first kappa shape index (κ1) is 19.0. The molecule has 0 amide bonds. The molecule has 0 saturated carbocycles. The standard InChI is InChI=1S/C22H11F3O6/c23-22(24,25)20(28)29-12-6-8-16-18(10-12)30-17-9-11(26)5-7-15(17)21(16)14-4-2-1-3-13(14)19(27)31-21/h1-10,26H. The van der Waals surface area contributed by atoms with Crippen molar-refractivity contribution in [1.29, 1.82) is 0 Å². The molecule has 2 aliphatic rings. The molecule has 2 heterocycles.